The third kappa shape index (κ3) is 5.80. The highest BCUT2D eigenvalue weighted by molar-refractivity contribution is 6.35. The summed E-state index contributed by atoms with van der Waals surface area (Å²) in [5, 5.41) is 19.9. The molecule has 0 radical (unpaired) electrons. The van der Waals surface area contributed by atoms with Crippen molar-refractivity contribution in [2.45, 2.75) is 12.3 Å². The molecule has 2 aromatic rings. The number of rotatable bonds is 10. The normalized spacial score (nSPS) is 15.5. The van der Waals surface area contributed by atoms with Gasteiger partial charge < -0.3 is 35.4 Å². The molecular formula is C25H27N5O7. The number of amidine groups is 1. The molecule has 1 fully saturated rings. The third-order valence-corrected chi connectivity index (χ3v) is 6.25. The van der Waals surface area contributed by atoms with Crippen LogP contribution in [0.2, 0.25) is 0 Å². The highest BCUT2D eigenvalue weighted by Crippen LogP contribution is 2.35. The zero-order chi connectivity index (χ0) is 26.5. The Morgan fingerprint density at radius 1 is 1.00 bits per heavy atom. The van der Waals surface area contributed by atoms with E-state index in [0.717, 1.165) is 0 Å². The number of benzene rings is 2. The van der Waals surface area contributed by atoms with Crippen molar-refractivity contribution in [2.24, 2.45) is 5.73 Å². The van der Waals surface area contributed by atoms with Crippen LogP contribution in [0.4, 0.5) is 0 Å². The van der Waals surface area contributed by atoms with E-state index in [-0.39, 0.29) is 44.7 Å². The zero-order valence-electron chi connectivity index (χ0n) is 19.9. The molecule has 1 unspecified atom stereocenters. The molecular weight excluding hydrogens is 482 g/mol. The highest BCUT2D eigenvalue weighted by Gasteiger charge is 2.35. The van der Waals surface area contributed by atoms with Crippen molar-refractivity contribution in [3.8, 4) is 11.5 Å². The number of nitrogen functional groups attached to an aromatic ring is 1. The number of nitrogens with one attached hydrogen (secondary N) is 2. The van der Waals surface area contributed by atoms with E-state index in [9.17, 15) is 24.3 Å². The lowest BCUT2D eigenvalue weighted by molar-refractivity contribution is -0.157. The number of carboxylic acid groups (broad SMARTS) is 1. The van der Waals surface area contributed by atoms with Gasteiger partial charge in [0.1, 0.15) is 5.84 Å². The molecule has 0 spiro atoms. The Kier molecular flexibility index (Phi) is 7.56. The molecule has 12 heteroatoms. The van der Waals surface area contributed by atoms with E-state index in [1.807, 2.05) is 0 Å². The topological polar surface area (TPSA) is 175 Å². The van der Waals surface area contributed by atoms with E-state index in [0.29, 0.717) is 41.2 Å². The van der Waals surface area contributed by atoms with E-state index >= 15 is 0 Å². The fourth-order valence-electron chi connectivity index (χ4n) is 4.15. The number of nitrogens with zero attached hydrogens (tertiary/aromatic N) is 2. The smallest absolute Gasteiger partial charge is 0.312 e. The summed E-state index contributed by atoms with van der Waals surface area (Å²) in [7, 11) is 0. The van der Waals surface area contributed by atoms with Crippen LogP contribution in [-0.2, 0) is 14.4 Å². The zero-order valence-corrected chi connectivity index (χ0v) is 19.9. The summed E-state index contributed by atoms with van der Waals surface area (Å²) in [6.45, 7) is 0.939. The fourth-order valence-corrected chi connectivity index (χ4v) is 4.15. The molecule has 194 valence electrons. The van der Waals surface area contributed by atoms with Gasteiger partial charge in [0.25, 0.3) is 5.91 Å². The van der Waals surface area contributed by atoms with E-state index in [4.69, 9.17) is 20.6 Å². The monoisotopic (exact) mass is 509 g/mol. The van der Waals surface area contributed by atoms with Crippen LogP contribution in [0.5, 0.6) is 11.5 Å². The Morgan fingerprint density at radius 3 is 2.35 bits per heavy atom. The summed E-state index contributed by atoms with van der Waals surface area (Å²) < 4.78 is 10.6. The minimum Gasteiger partial charge on any atom is -0.481 e. The number of hydrogen-bond donors (Lipinski definition) is 4. The first-order valence-electron chi connectivity index (χ1n) is 11.7. The summed E-state index contributed by atoms with van der Waals surface area (Å²) in [6.07, 6.45) is 0.436. The number of nitrogens with two attached hydrogens (primary N) is 1. The number of hydrogen-bond acceptors (Lipinski definition) is 7. The van der Waals surface area contributed by atoms with Crippen molar-refractivity contribution in [3.05, 3.63) is 59.2 Å². The van der Waals surface area contributed by atoms with Crippen LogP contribution >= 0.6 is 0 Å². The number of aliphatic carboxylic acids is 1. The lowest BCUT2D eigenvalue weighted by atomic mass is 9.97. The predicted octanol–water partition coefficient (Wildman–Crippen LogP) is 0.358. The number of piperazine rings is 1. The first kappa shape index (κ1) is 25.5. The maximum Gasteiger partial charge on any atom is 0.312 e. The van der Waals surface area contributed by atoms with Crippen LogP contribution in [-0.4, -0.2) is 83.9 Å². The molecule has 1 saturated heterocycles. The molecule has 2 aliphatic heterocycles. The van der Waals surface area contributed by atoms with Crippen LogP contribution < -0.4 is 20.5 Å². The number of amides is 3. The molecule has 2 heterocycles. The Balaban J connectivity index is 1.26. The highest BCUT2D eigenvalue weighted by atomic mass is 16.7. The average molecular weight is 510 g/mol. The number of ether oxygens (including phenoxy) is 2. The fraction of sp³-hybridized carbons (Fsp3) is 0.320. The molecule has 5 N–H and O–H groups in total. The van der Waals surface area contributed by atoms with Crippen molar-refractivity contribution in [1.82, 2.24) is 15.1 Å². The van der Waals surface area contributed by atoms with Gasteiger partial charge in [-0.3, -0.25) is 24.6 Å². The number of fused-ring (bicyclic) bond motifs is 1. The molecule has 2 aliphatic rings. The second-order valence-corrected chi connectivity index (χ2v) is 8.65. The SMILES string of the molecule is N=C(N)c1ccc(C(=O)NCCCN2CCN(CC(C(=O)O)c3ccc4c(c3)OCO4)C(=O)C2=O)cc1. The average Bonchev–Trinajstić information content (AvgIpc) is 3.36. The second-order valence-electron chi connectivity index (χ2n) is 8.65. The summed E-state index contributed by atoms with van der Waals surface area (Å²) in [5.41, 5.74) is 6.79. The van der Waals surface area contributed by atoms with Crippen molar-refractivity contribution in [1.29, 1.82) is 5.41 Å². The molecule has 0 aromatic heterocycles. The third-order valence-electron chi connectivity index (χ3n) is 6.25. The standard InChI is InChI=1S/C25H27N5O7/c26-21(27)15-2-4-16(5-3-15)22(31)28-8-1-9-29-10-11-30(24(33)23(29)32)13-18(25(34)35)17-6-7-19-20(12-17)37-14-36-19/h2-7,12,18H,1,8-11,13-14H2,(H3,26,27)(H,28,31)(H,34,35). The van der Waals surface area contributed by atoms with Crippen LogP contribution in [0.25, 0.3) is 0 Å². The Morgan fingerprint density at radius 2 is 1.65 bits per heavy atom. The summed E-state index contributed by atoms with van der Waals surface area (Å²) in [4.78, 5) is 52.3. The number of carbonyl (C=O) groups excluding carboxylic acids is 3. The van der Waals surface area contributed by atoms with Gasteiger partial charge in [0.05, 0.1) is 5.92 Å². The van der Waals surface area contributed by atoms with E-state index < -0.39 is 23.7 Å². The van der Waals surface area contributed by atoms with Gasteiger partial charge in [0, 0.05) is 43.9 Å². The van der Waals surface area contributed by atoms with E-state index in [2.05, 4.69) is 5.32 Å². The van der Waals surface area contributed by atoms with Crippen LogP contribution in [0, 0.1) is 5.41 Å². The maximum atomic E-state index is 12.7. The van der Waals surface area contributed by atoms with Crippen molar-refractivity contribution >= 4 is 29.5 Å². The Hall–Kier alpha value is -4.61. The largest absolute Gasteiger partial charge is 0.481 e. The molecule has 37 heavy (non-hydrogen) atoms. The molecule has 0 saturated carbocycles. The Bertz CT molecular complexity index is 1230. The van der Waals surface area contributed by atoms with Gasteiger partial charge in [-0.25, -0.2) is 0 Å². The van der Waals surface area contributed by atoms with Gasteiger partial charge in [-0.1, -0.05) is 18.2 Å². The Labute approximate surface area is 212 Å². The van der Waals surface area contributed by atoms with Crippen molar-refractivity contribution < 1.29 is 33.8 Å². The molecule has 0 bridgehead atoms. The molecule has 4 rings (SSSR count). The van der Waals surface area contributed by atoms with Gasteiger partial charge in [0.2, 0.25) is 6.79 Å². The predicted molar refractivity (Wildman–Crippen MR) is 131 cm³/mol. The first-order chi connectivity index (χ1) is 17.7. The second kappa shape index (κ2) is 11.0. The van der Waals surface area contributed by atoms with E-state index in [1.54, 1.807) is 42.5 Å². The summed E-state index contributed by atoms with van der Waals surface area (Å²) in [6, 6.07) is 11.1. The molecule has 2 aromatic carbocycles. The lowest BCUT2D eigenvalue weighted by Crippen LogP contribution is -2.55. The van der Waals surface area contributed by atoms with Crippen LogP contribution in [0.15, 0.2) is 42.5 Å². The maximum absolute atomic E-state index is 12.7. The van der Waals surface area contributed by atoms with Gasteiger partial charge in [-0.15, -0.1) is 0 Å². The van der Waals surface area contributed by atoms with Crippen LogP contribution in [0.3, 0.4) is 0 Å². The molecule has 12 nitrogen and oxygen atoms in total. The minimum atomic E-state index is -1.12. The molecule has 0 aliphatic carbocycles. The van der Waals surface area contributed by atoms with Gasteiger partial charge in [-0.05, 0) is 36.2 Å². The lowest BCUT2D eigenvalue weighted by Gasteiger charge is -2.35. The molecule has 1 atom stereocenters. The number of carboxylic acids is 1. The van der Waals surface area contributed by atoms with Crippen molar-refractivity contribution in [3.63, 3.8) is 0 Å². The minimum absolute atomic E-state index is 0.0589. The van der Waals surface area contributed by atoms with Gasteiger partial charge in [0.15, 0.2) is 11.5 Å². The summed E-state index contributed by atoms with van der Waals surface area (Å²) in [5.74, 6) is -3.03. The molecule has 3 amide bonds. The van der Waals surface area contributed by atoms with Crippen molar-refractivity contribution in [2.75, 3.05) is 39.5 Å². The van der Waals surface area contributed by atoms with Gasteiger partial charge in [-0.2, -0.15) is 0 Å². The summed E-state index contributed by atoms with van der Waals surface area (Å²) >= 11 is 0. The number of carbonyl (C=O) groups is 4. The van der Waals surface area contributed by atoms with E-state index in [1.165, 1.54) is 9.80 Å². The van der Waals surface area contributed by atoms with Gasteiger partial charge >= 0.3 is 17.8 Å². The van der Waals surface area contributed by atoms with Crippen LogP contribution in [0.1, 0.15) is 33.8 Å². The first-order valence-corrected chi connectivity index (χ1v) is 11.7. The quantitative estimate of drug-likeness (QED) is 0.154.